The standard InChI is InChI=1S/C14H12N2S/c1-11-4-6-12(7-5-11)10-17-14-13(9-15)3-2-8-16-14/h2-8H,10H2,1H3. The number of aromatic nitrogens is 1. The molecule has 84 valence electrons. The maximum absolute atomic E-state index is 8.95. The summed E-state index contributed by atoms with van der Waals surface area (Å²) in [6.45, 7) is 2.07. The third-order valence-corrected chi connectivity index (χ3v) is 3.46. The zero-order chi connectivity index (χ0) is 12.1. The van der Waals surface area contributed by atoms with Crippen LogP contribution in [0.1, 0.15) is 16.7 Å². The van der Waals surface area contributed by atoms with Crippen molar-refractivity contribution in [1.29, 1.82) is 5.26 Å². The summed E-state index contributed by atoms with van der Waals surface area (Å²) >= 11 is 1.60. The van der Waals surface area contributed by atoms with Gasteiger partial charge in [0, 0.05) is 11.9 Å². The monoisotopic (exact) mass is 240 g/mol. The molecule has 1 aromatic heterocycles. The molecule has 0 fully saturated rings. The summed E-state index contributed by atoms with van der Waals surface area (Å²) in [5, 5.41) is 9.75. The molecule has 0 aliphatic rings. The highest BCUT2D eigenvalue weighted by molar-refractivity contribution is 7.98. The van der Waals surface area contributed by atoms with Gasteiger partial charge in [0.15, 0.2) is 0 Å². The lowest BCUT2D eigenvalue weighted by molar-refractivity contribution is 1.11. The molecule has 0 saturated carbocycles. The first-order valence-electron chi connectivity index (χ1n) is 5.33. The van der Waals surface area contributed by atoms with Crippen LogP contribution in [-0.4, -0.2) is 4.98 Å². The fraction of sp³-hybridized carbons (Fsp3) is 0.143. The van der Waals surface area contributed by atoms with Gasteiger partial charge in [-0.15, -0.1) is 11.8 Å². The van der Waals surface area contributed by atoms with E-state index in [1.165, 1.54) is 11.1 Å². The third-order valence-electron chi connectivity index (χ3n) is 2.39. The zero-order valence-corrected chi connectivity index (χ0v) is 10.4. The van der Waals surface area contributed by atoms with Gasteiger partial charge in [-0.3, -0.25) is 0 Å². The van der Waals surface area contributed by atoms with E-state index in [9.17, 15) is 0 Å². The minimum absolute atomic E-state index is 0.643. The van der Waals surface area contributed by atoms with Crippen molar-refractivity contribution in [2.24, 2.45) is 0 Å². The fourth-order valence-corrected chi connectivity index (χ4v) is 2.33. The molecule has 0 atom stereocenters. The molecule has 2 nitrogen and oxygen atoms in total. The number of hydrogen-bond donors (Lipinski definition) is 0. The van der Waals surface area contributed by atoms with Crippen LogP contribution >= 0.6 is 11.8 Å². The van der Waals surface area contributed by atoms with Gasteiger partial charge in [-0.2, -0.15) is 5.26 Å². The number of nitrogens with zero attached hydrogens (tertiary/aromatic N) is 2. The molecule has 2 aromatic rings. The van der Waals surface area contributed by atoms with Gasteiger partial charge in [0.05, 0.1) is 5.56 Å². The number of aryl methyl sites for hydroxylation is 1. The van der Waals surface area contributed by atoms with Crippen LogP contribution in [0.5, 0.6) is 0 Å². The first kappa shape index (κ1) is 11.7. The lowest BCUT2D eigenvalue weighted by atomic mass is 10.2. The molecule has 0 spiro atoms. The highest BCUT2D eigenvalue weighted by Crippen LogP contribution is 2.23. The predicted octanol–water partition coefficient (Wildman–Crippen LogP) is 3.55. The van der Waals surface area contributed by atoms with Crippen molar-refractivity contribution in [2.45, 2.75) is 17.7 Å². The molecule has 0 saturated heterocycles. The molecule has 0 N–H and O–H groups in total. The van der Waals surface area contributed by atoms with Crippen molar-refractivity contribution in [3.05, 3.63) is 59.3 Å². The highest BCUT2D eigenvalue weighted by atomic mass is 32.2. The Bertz CT molecular complexity index is 541. The average Bonchev–Trinajstić information content (AvgIpc) is 2.38. The van der Waals surface area contributed by atoms with E-state index in [1.807, 2.05) is 0 Å². The maximum Gasteiger partial charge on any atom is 0.114 e. The lowest BCUT2D eigenvalue weighted by Gasteiger charge is -2.03. The Morgan fingerprint density at radius 2 is 2.00 bits per heavy atom. The van der Waals surface area contributed by atoms with Crippen molar-refractivity contribution < 1.29 is 0 Å². The predicted molar refractivity (Wildman–Crippen MR) is 69.7 cm³/mol. The summed E-state index contributed by atoms with van der Waals surface area (Å²) in [6.07, 6.45) is 1.72. The second-order valence-corrected chi connectivity index (χ2v) is 4.71. The smallest absolute Gasteiger partial charge is 0.114 e. The largest absolute Gasteiger partial charge is 0.249 e. The summed E-state index contributed by atoms with van der Waals surface area (Å²) in [6, 6.07) is 14.2. The van der Waals surface area contributed by atoms with Crippen molar-refractivity contribution in [1.82, 2.24) is 4.98 Å². The van der Waals surface area contributed by atoms with Gasteiger partial charge >= 0.3 is 0 Å². The lowest BCUT2D eigenvalue weighted by Crippen LogP contribution is -1.87. The van der Waals surface area contributed by atoms with Gasteiger partial charge in [-0.25, -0.2) is 4.98 Å². The van der Waals surface area contributed by atoms with Crippen molar-refractivity contribution in [2.75, 3.05) is 0 Å². The minimum Gasteiger partial charge on any atom is -0.249 e. The Morgan fingerprint density at radius 3 is 2.71 bits per heavy atom. The van der Waals surface area contributed by atoms with Crippen LogP contribution < -0.4 is 0 Å². The maximum atomic E-state index is 8.95. The van der Waals surface area contributed by atoms with E-state index in [0.29, 0.717) is 5.56 Å². The molecule has 0 radical (unpaired) electrons. The van der Waals surface area contributed by atoms with Crippen LogP contribution in [0.2, 0.25) is 0 Å². The molecule has 0 unspecified atom stereocenters. The van der Waals surface area contributed by atoms with Gasteiger partial charge in [0.1, 0.15) is 11.1 Å². The van der Waals surface area contributed by atoms with E-state index in [4.69, 9.17) is 5.26 Å². The summed E-state index contributed by atoms with van der Waals surface area (Å²) in [4.78, 5) is 4.22. The Labute approximate surface area is 105 Å². The van der Waals surface area contributed by atoms with Crippen molar-refractivity contribution in [3.63, 3.8) is 0 Å². The van der Waals surface area contributed by atoms with E-state index in [0.717, 1.165) is 10.8 Å². The average molecular weight is 240 g/mol. The molecule has 3 heteroatoms. The molecule has 1 aromatic carbocycles. The topological polar surface area (TPSA) is 36.7 Å². The molecule has 1 heterocycles. The summed E-state index contributed by atoms with van der Waals surface area (Å²) in [5.74, 6) is 0.839. The number of rotatable bonds is 3. The van der Waals surface area contributed by atoms with Gasteiger partial charge in [0.25, 0.3) is 0 Å². The van der Waals surface area contributed by atoms with Crippen molar-refractivity contribution >= 4 is 11.8 Å². The Morgan fingerprint density at radius 1 is 1.24 bits per heavy atom. The second-order valence-electron chi connectivity index (χ2n) is 3.74. The van der Waals surface area contributed by atoms with Gasteiger partial charge in [-0.05, 0) is 24.6 Å². The molecule has 0 bridgehead atoms. The number of benzene rings is 1. The Hall–Kier alpha value is -1.79. The van der Waals surface area contributed by atoms with Crippen LogP contribution in [0.25, 0.3) is 0 Å². The van der Waals surface area contributed by atoms with Crippen LogP contribution in [0.4, 0.5) is 0 Å². The summed E-state index contributed by atoms with van der Waals surface area (Å²) in [7, 11) is 0. The van der Waals surface area contributed by atoms with Crippen molar-refractivity contribution in [3.8, 4) is 6.07 Å². The molecule has 0 amide bonds. The van der Waals surface area contributed by atoms with E-state index in [-0.39, 0.29) is 0 Å². The number of pyridine rings is 1. The summed E-state index contributed by atoms with van der Waals surface area (Å²) < 4.78 is 0. The molecule has 17 heavy (non-hydrogen) atoms. The molecule has 0 aliphatic carbocycles. The van der Waals surface area contributed by atoms with Crippen LogP contribution in [-0.2, 0) is 5.75 Å². The SMILES string of the molecule is Cc1ccc(CSc2ncccc2C#N)cc1. The van der Waals surface area contributed by atoms with E-state index in [2.05, 4.69) is 42.2 Å². The van der Waals surface area contributed by atoms with E-state index >= 15 is 0 Å². The minimum atomic E-state index is 0.643. The number of hydrogen-bond acceptors (Lipinski definition) is 3. The highest BCUT2D eigenvalue weighted by Gasteiger charge is 2.03. The first-order valence-corrected chi connectivity index (χ1v) is 6.31. The molecule has 0 aliphatic heterocycles. The van der Waals surface area contributed by atoms with Crippen LogP contribution in [0.15, 0.2) is 47.6 Å². The number of nitriles is 1. The van der Waals surface area contributed by atoms with Crippen LogP contribution in [0, 0.1) is 18.3 Å². The zero-order valence-electron chi connectivity index (χ0n) is 9.55. The molecular weight excluding hydrogens is 228 g/mol. The molecule has 2 rings (SSSR count). The third kappa shape index (κ3) is 3.08. The number of thioether (sulfide) groups is 1. The van der Waals surface area contributed by atoms with E-state index in [1.54, 1.807) is 30.1 Å². The normalized spacial score (nSPS) is 9.88. The van der Waals surface area contributed by atoms with Gasteiger partial charge in [-0.1, -0.05) is 29.8 Å². The Balaban J connectivity index is 2.08. The van der Waals surface area contributed by atoms with Crippen LogP contribution in [0.3, 0.4) is 0 Å². The van der Waals surface area contributed by atoms with Gasteiger partial charge < -0.3 is 0 Å². The summed E-state index contributed by atoms with van der Waals surface area (Å²) in [5.41, 5.74) is 3.15. The second kappa shape index (κ2) is 5.51. The Kier molecular flexibility index (Phi) is 3.79. The quantitative estimate of drug-likeness (QED) is 0.770. The van der Waals surface area contributed by atoms with Gasteiger partial charge in [0.2, 0.25) is 0 Å². The fourth-order valence-electron chi connectivity index (χ4n) is 1.43. The van der Waals surface area contributed by atoms with E-state index < -0.39 is 0 Å². The molecular formula is C14H12N2S. The first-order chi connectivity index (χ1) is 8.29.